The van der Waals surface area contributed by atoms with Crippen molar-refractivity contribution in [2.24, 2.45) is 0 Å². The molecular formula is C17H17NO4S2. The molecule has 2 aromatic carbocycles. The van der Waals surface area contributed by atoms with Crippen LogP contribution < -0.4 is 5.32 Å². The minimum absolute atomic E-state index is 0.0102. The van der Waals surface area contributed by atoms with E-state index in [0.29, 0.717) is 5.75 Å². The van der Waals surface area contributed by atoms with E-state index in [4.69, 9.17) is 0 Å². The van der Waals surface area contributed by atoms with Gasteiger partial charge in [0.1, 0.15) is 5.37 Å². The molecule has 0 spiro atoms. The zero-order valence-corrected chi connectivity index (χ0v) is 14.4. The van der Waals surface area contributed by atoms with E-state index in [2.05, 4.69) is 5.32 Å². The molecule has 1 saturated heterocycles. The Balaban J connectivity index is 1.99. The number of thioether (sulfide) groups is 1. The molecule has 1 aliphatic heterocycles. The zero-order chi connectivity index (χ0) is 17.2. The molecule has 2 atom stereocenters. The minimum atomic E-state index is -3.77. The maximum atomic E-state index is 12.9. The van der Waals surface area contributed by atoms with Crippen molar-refractivity contribution in [3.05, 3.63) is 60.2 Å². The van der Waals surface area contributed by atoms with Crippen LogP contribution in [0.25, 0.3) is 0 Å². The van der Waals surface area contributed by atoms with E-state index in [1.165, 1.54) is 36.0 Å². The number of hydrogen-bond donors (Lipinski definition) is 2. The van der Waals surface area contributed by atoms with Crippen LogP contribution in [0.5, 0.6) is 0 Å². The van der Waals surface area contributed by atoms with Gasteiger partial charge >= 0.3 is 0 Å². The van der Waals surface area contributed by atoms with E-state index in [0.717, 1.165) is 0 Å². The Morgan fingerprint density at radius 2 is 1.79 bits per heavy atom. The highest BCUT2D eigenvalue weighted by molar-refractivity contribution is 8.00. The second-order valence-corrected chi connectivity index (χ2v) is 8.49. The van der Waals surface area contributed by atoms with Crippen LogP contribution in [0.3, 0.4) is 0 Å². The van der Waals surface area contributed by atoms with E-state index >= 15 is 0 Å². The third-order valence-electron chi connectivity index (χ3n) is 3.81. The molecule has 2 aromatic rings. The van der Waals surface area contributed by atoms with Crippen molar-refractivity contribution in [2.45, 2.75) is 21.2 Å². The molecule has 3 rings (SSSR count). The standard InChI is InChI=1S/C17H17NO4S2/c19-10-12-11-23-17(18-12)16(20)14-8-4-5-9-15(14)24(21,22)13-6-2-1-3-7-13/h1-9,12,17-19H,10-11H2. The Bertz CT molecular complexity index is 837. The van der Waals surface area contributed by atoms with Gasteiger partial charge in [0.2, 0.25) is 9.84 Å². The number of sulfone groups is 1. The Morgan fingerprint density at radius 1 is 1.12 bits per heavy atom. The van der Waals surface area contributed by atoms with Gasteiger partial charge < -0.3 is 5.11 Å². The monoisotopic (exact) mass is 363 g/mol. The van der Waals surface area contributed by atoms with E-state index in [1.54, 1.807) is 30.3 Å². The number of carbonyl (C=O) groups excluding carboxylic acids is 1. The lowest BCUT2D eigenvalue weighted by Crippen LogP contribution is -2.37. The van der Waals surface area contributed by atoms with Gasteiger partial charge in [-0.15, -0.1) is 11.8 Å². The second-order valence-electron chi connectivity index (χ2n) is 5.44. The van der Waals surface area contributed by atoms with Crippen LogP contribution in [-0.4, -0.2) is 43.1 Å². The van der Waals surface area contributed by atoms with Crippen LogP contribution >= 0.6 is 11.8 Å². The molecule has 0 radical (unpaired) electrons. The Labute approximate surface area is 145 Å². The first-order valence-corrected chi connectivity index (χ1v) is 9.99. The van der Waals surface area contributed by atoms with Crippen molar-refractivity contribution in [1.29, 1.82) is 0 Å². The van der Waals surface area contributed by atoms with Crippen molar-refractivity contribution in [3.63, 3.8) is 0 Å². The predicted octanol–water partition coefficient (Wildman–Crippen LogP) is 1.73. The van der Waals surface area contributed by atoms with E-state index in [9.17, 15) is 18.3 Å². The fourth-order valence-corrected chi connectivity index (χ4v) is 5.23. The van der Waals surface area contributed by atoms with Gasteiger partial charge in [-0.2, -0.15) is 0 Å². The van der Waals surface area contributed by atoms with Gasteiger partial charge in [-0.3, -0.25) is 10.1 Å². The van der Waals surface area contributed by atoms with Gasteiger partial charge in [-0.1, -0.05) is 30.3 Å². The predicted molar refractivity (Wildman–Crippen MR) is 92.9 cm³/mol. The fraction of sp³-hybridized carbons (Fsp3) is 0.235. The summed E-state index contributed by atoms with van der Waals surface area (Å²) in [5.74, 6) is 0.326. The van der Waals surface area contributed by atoms with E-state index in [1.807, 2.05) is 0 Å². The van der Waals surface area contributed by atoms with Crippen LogP contribution in [0.15, 0.2) is 64.4 Å². The molecule has 1 heterocycles. The van der Waals surface area contributed by atoms with Gasteiger partial charge in [0.15, 0.2) is 5.78 Å². The van der Waals surface area contributed by atoms with E-state index < -0.39 is 15.2 Å². The molecule has 1 fully saturated rings. The highest BCUT2D eigenvalue weighted by Crippen LogP contribution is 2.28. The summed E-state index contributed by atoms with van der Waals surface area (Å²) in [6.45, 7) is -0.0548. The third-order valence-corrected chi connectivity index (χ3v) is 6.91. The summed E-state index contributed by atoms with van der Waals surface area (Å²) in [6.07, 6.45) is 0. The lowest BCUT2D eigenvalue weighted by molar-refractivity contribution is 0.0971. The largest absolute Gasteiger partial charge is 0.395 e. The van der Waals surface area contributed by atoms with Gasteiger partial charge in [-0.25, -0.2) is 8.42 Å². The third kappa shape index (κ3) is 3.25. The van der Waals surface area contributed by atoms with Crippen LogP contribution in [0, 0.1) is 0 Å². The number of aliphatic hydroxyl groups is 1. The minimum Gasteiger partial charge on any atom is -0.395 e. The van der Waals surface area contributed by atoms with Crippen LogP contribution in [0.1, 0.15) is 10.4 Å². The highest BCUT2D eigenvalue weighted by atomic mass is 32.2. The average molecular weight is 363 g/mol. The number of hydrogen-bond acceptors (Lipinski definition) is 6. The van der Waals surface area contributed by atoms with Gasteiger partial charge in [0, 0.05) is 17.4 Å². The summed E-state index contributed by atoms with van der Waals surface area (Å²) in [5, 5.41) is 11.7. The number of benzene rings is 2. The molecule has 0 saturated carbocycles. The molecule has 24 heavy (non-hydrogen) atoms. The van der Waals surface area contributed by atoms with Crippen LogP contribution in [0.4, 0.5) is 0 Å². The smallest absolute Gasteiger partial charge is 0.207 e. The lowest BCUT2D eigenvalue weighted by Gasteiger charge is -2.14. The number of rotatable bonds is 5. The van der Waals surface area contributed by atoms with Crippen LogP contribution in [0.2, 0.25) is 0 Å². The summed E-state index contributed by atoms with van der Waals surface area (Å²) in [7, 11) is -3.77. The van der Waals surface area contributed by atoms with Crippen LogP contribution in [-0.2, 0) is 9.84 Å². The molecular weight excluding hydrogens is 346 g/mol. The zero-order valence-electron chi connectivity index (χ0n) is 12.8. The molecule has 0 aliphatic carbocycles. The van der Waals surface area contributed by atoms with Crippen molar-refractivity contribution in [3.8, 4) is 0 Å². The Hall–Kier alpha value is -1.67. The quantitative estimate of drug-likeness (QED) is 0.787. The maximum absolute atomic E-state index is 12.9. The average Bonchev–Trinajstić information content (AvgIpc) is 3.11. The van der Waals surface area contributed by atoms with Gasteiger partial charge in [-0.05, 0) is 24.3 Å². The summed E-state index contributed by atoms with van der Waals surface area (Å²) in [4.78, 5) is 12.9. The lowest BCUT2D eigenvalue weighted by atomic mass is 10.1. The first kappa shape index (κ1) is 17.2. The number of nitrogens with one attached hydrogen (secondary N) is 1. The molecule has 5 nitrogen and oxygen atoms in total. The molecule has 1 aliphatic rings. The molecule has 0 bridgehead atoms. The van der Waals surface area contributed by atoms with Crippen molar-refractivity contribution in [2.75, 3.05) is 12.4 Å². The molecule has 2 unspecified atom stereocenters. The van der Waals surface area contributed by atoms with Crippen molar-refractivity contribution >= 4 is 27.4 Å². The Morgan fingerprint density at radius 3 is 2.46 bits per heavy atom. The number of Topliss-reactive ketones (excluding diaryl/α,β-unsaturated/α-hetero) is 1. The fourth-order valence-electron chi connectivity index (χ4n) is 2.55. The first-order valence-electron chi connectivity index (χ1n) is 7.46. The molecule has 0 amide bonds. The second kappa shape index (κ2) is 7.06. The van der Waals surface area contributed by atoms with Gasteiger partial charge in [0.05, 0.1) is 16.4 Å². The van der Waals surface area contributed by atoms with Crippen molar-refractivity contribution < 1.29 is 18.3 Å². The Kier molecular flexibility index (Phi) is 5.05. The summed E-state index contributed by atoms with van der Waals surface area (Å²) >= 11 is 1.38. The number of carbonyl (C=O) groups is 1. The topological polar surface area (TPSA) is 83.5 Å². The number of ketones is 1. The van der Waals surface area contributed by atoms with Gasteiger partial charge in [0.25, 0.3) is 0 Å². The highest BCUT2D eigenvalue weighted by Gasteiger charge is 2.33. The summed E-state index contributed by atoms with van der Waals surface area (Å²) in [6, 6.07) is 14.2. The molecule has 2 N–H and O–H groups in total. The SMILES string of the molecule is O=C(c1ccccc1S(=O)(=O)c1ccccc1)C1NC(CO)CS1. The maximum Gasteiger partial charge on any atom is 0.207 e. The summed E-state index contributed by atoms with van der Waals surface area (Å²) < 4.78 is 25.8. The van der Waals surface area contributed by atoms with E-state index in [-0.39, 0.29) is 33.8 Å². The van der Waals surface area contributed by atoms with Crippen molar-refractivity contribution in [1.82, 2.24) is 5.32 Å². The normalized spacial score (nSPS) is 20.9. The summed E-state index contributed by atoms with van der Waals surface area (Å²) in [5.41, 5.74) is 0.171. The molecule has 7 heteroatoms. The first-order chi connectivity index (χ1) is 11.5. The molecule has 126 valence electrons. The molecule has 0 aromatic heterocycles. The number of aliphatic hydroxyl groups excluding tert-OH is 1.